The molecule has 1 aromatic carbocycles. The highest BCUT2D eigenvalue weighted by molar-refractivity contribution is 5.32. The fourth-order valence-corrected chi connectivity index (χ4v) is 6.20. The van der Waals surface area contributed by atoms with Gasteiger partial charge in [-0.3, -0.25) is 0 Å². The molecule has 1 aromatic rings. The van der Waals surface area contributed by atoms with E-state index in [0.29, 0.717) is 30.7 Å². The van der Waals surface area contributed by atoms with Crippen LogP contribution in [0.3, 0.4) is 0 Å². The highest BCUT2D eigenvalue weighted by Crippen LogP contribution is 2.59. The molecule has 1 saturated heterocycles. The van der Waals surface area contributed by atoms with Crippen molar-refractivity contribution in [3.8, 4) is 0 Å². The molecule has 0 N–H and O–H groups in total. The van der Waals surface area contributed by atoms with Crippen molar-refractivity contribution in [3.05, 3.63) is 47.5 Å². The predicted octanol–water partition coefficient (Wildman–Crippen LogP) is 7.65. The lowest BCUT2D eigenvalue weighted by atomic mass is 9.51. The standard InChI is InChI=1S/C29H44O3/c1-3-5-7-9-21-30-27-23-31-26(22-32-27)24-10-12-25(13-11-24)29-18-15-28(16-19-29,17-20-29)14-8-6-4-2/h5,7,10-13,26-27H,3-4,6,8-9,14-23H2,1-2H3/t26-,27+,28?,29?/m0/s1. The number of benzene rings is 1. The van der Waals surface area contributed by atoms with Crippen LogP contribution in [-0.2, 0) is 19.6 Å². The first-order valence-corrected chi connectivity index (χ1v) is 13.3. The summed E-state index contributed by atoms with van der Waals surface area (Å²) in [6.45, 7) is 6.23. The van der Waals surface area contributed by atoms with Gasteiger partial charge in [0.1, 0.15) is 6.10 Å². The normalized spacial score (nSPS) is 32.6. The largest absolute Gasteiger partial charge is 0.366 e. The summed E-state index contributed by atoms with van der Waals surface area (Å²) in [5.41, 5.74) is 3.89. The molecule has 2 atom stereocenters. The average molecular weight is 441 g/mol. The lowest BCUT2D eigenvalue weighted by Crippen LogP contribution is -2.44. The maximum atomic E-state index is 6.09. The Hall–Kier alpha value is -1.16. The number of hydrogen-bond acceptors (Lipinski definition) is 3. The van der Waals surface area contributed by atoms with E-state index in [1.165, 1.54) is 69.8 Å². The van der Waals surface area contributed by atoms with Crippen LogP contribution in [0.4, 0.5) is 0 Å². The van der Waals surface area contributed by atoms with Gasteiger partial charge in [0, 0.05) is 0 Å². The third-order valence-corrected chi connectivity index (χ3v) is 8.46. The van der Waals surface area contributed by atoms with E-state index in [2.05, 4.69) is 50.3 Å². The van der Waals surface area contributed by atoms with E-state index in [1.807, 2.05) is 0 Å². The summed E-state index contributed by atoms with van der Waals surface area (Å²) in [5.74, 6) is 0. The SMILES string of the molecule is CCC=CCCO[C@H]1CO[C@H](c2ccc(C34CCC(CCCCC)(CC3)CC4)cc2)CO1. The minimum atomic E-state index is -0.235. The molecule has 1 heterocycles. The highest BCUT2D eigenvalue weighted by atomic mass is 16.7. The third kappa shape index (κ3) is 5.66. The van der Waals surface area contributed by atoms with Gasteiger partial charge in [0.05, 0.1) is 19.8 Å². The van der Waals surface area contributed by atoms with E-state index < -0.39 is 0 Å². The quantitative estimate of drug-likeness (QED) is 0.261. The van der Waals surface area contributed by atoms with Gasteiger partial charge in [0.25, 0.3) is 0 Å². The van der Waals surface area contributed by atoms with Crippen molar-refractivity contribution in [2.24, 2.45) is 5.41 Å². The molecule has 32 heavy (non-hydrogen) atoms. The van der Waals surface area contributed by atoms with E-state index in [9.17, 15) is 0 Å². The second-order valence-electron chi connectivity index (χ2n) is 10.5. The van der Waals surface area contributed by atoms with Gasteiger partial charge in [0.2, 0.25) is 0 Å². The maximum Gasteiger partial charge on any atom is 0.180 e. The summed E-state index contributed by atoms with van der Waals surface area (Å²) in [5, 5.41) is 0. The van der Waals surface area contributed by atoms with E-state index in [-0.39, 0.29) is 12.4 Å². The van der Waals surface area contributed by atoms with Gasteiger partial charge in [-0.25, -0.2) is 0 Å². The van der Waals surface area contributed by atoms with Crippen molar-refractivity contribution < 1.29 is 14.2 Å². The van der Waals surface area contributed by atoms with Crippen LogP contribution in [-0.4, -0.2) is 26.1 Å². The summed E-state index contributed by atoms with van der Waals surface area (Å²) >= 11 is 0. The molecule has 0 radical (unpaired) electrons. The molecule has 3 aliphatic carbocycles. The van der Waals surface area contributed by atoms with E-state index >= 15 is 0 Å². The first kappa shape index (κ1) is 24.0. The van der Waals surface area contributed by atoms with Crippen molar-refractivity contribution in [1.29, 1.82) is 0 Å². The van der Waals surface area contributed by atoms with Crippen molar-refractivity contribution in [3.63, 3.8) is 0 Å². The Labute approximate surface area is 195 Å². The molecule has 0 unspecified atom stereocenters. The van der Waals surface area contributed by atoms with Crippen LogP contribution in [0, 0.1) is 5.41 Å². The molecule has 3 saturated carbocycles. The molecule has 178 valence electrons. The molecule has 2 bridgehead atoms. The zero-order chi connectivity index (χ0) is 22.3. The molecule has 0 amide bonds. The fourth-order valence-electron chi connectivity index (χ4n) is 6.20. The molecule has 0 spiro atoms. The molecular weight excluding hydrogens is 396 g/mol. The number of ether oxygens (including phenoxy) is 3. The number of allylic oxidation sites excluding steroid dienone is 1. The Morgan fingerprint density at radius 2 is 1.66 bits per heavy atom. The lowest BCUT2D eigenvalue weighted by molar-refractivity contribution is -0.235. The van der Waals surface area contributed by atoms with Gasteiger partial charge in [-0.2, -0.15) is 0 Å². The molecule has 5 rings (SSSR count). The Kier molecular flexibility index (Phi) is 8.48. The van der Waals surface area contributed by atoms with Crippen LogP contribution < -0.4 is 0 Å². The van der Waals surface area contributed by atoms with E-state index in [0.717, 1.165) is 12.8 Å². The van der Waals surface area contributed by atoms with Crippen molar-refractivity contribution in [2.75, 3.05) is 19.8 Å². The van der Waals surface area contributed by atoms with Crippen LogP contribution in [0.15, 0.2) is 36.4 Å². The summed E-state index contributed by atoms with van der Waals surface area (Å²) in [6.07, 6.45) is 20.2. The van der Waals surface area contributed by atoms with Gasteiger partial charge in [-0.15, -0.1) is 0 Å². The molecule has 1 aliphatic heterocycles. The van der Waals surface area contributed by atoms with E-state index in [4.69, 9.17) is 14.2 Å². The number of hydrogen-bond donors (Lipinski definition) is 0. The fraction of sp³-hybridized carbons (Fsp3) is 0.724. The monoisotopic (exact) mass is 440 g/mol. The van der Waals surface area contributed by atoms with Gasteiger partial charge in [-0.1, -0.05) is 69.5 Å². The predicted molar refractivity (Wildman–Crippen MR) is 131 cm³/mol. The second kappa shape index (κ2) is 11.3. The van der Waals surface area contributed by atoms with Gasteiger partial charge >= 0.3 is 0 Å². The third-order valence-electron chi connectivity index (χ3n) is 8.46. The Bertz CT molecular complexity index is 690. The first-order chi connectivity index (χ1) is 15.7. The number of fused-ring (bicyclic) bond motifs is 3. The molecule has 4 aliphatic rings. The zero-order valence-corrected chi connectivity index (χ0v) is 20.5. The Morgan fingerprint density at radius 3 is 2.28 bits per heavy atom. The summed E-state index contributed by atoms with van der Waals surface area (Å²) in [4.78, 5) is 0. The smallest absolute Gasteiger partial charge is 0.180 e. The summed E-state index contributed by atoms with van der Waals surface area (Å²) in [6, 6.07) is 9.34. The molecule has 3 heteroatoms. The maximum absolute atomic E-state index is 6.09. The minimum Gasteiger partial charge on any atom is -0.366 e. The van der Waals surface area contributed by atoms with Gasteiger partial charge in [-0.05, 0) is 79.7 Å². The molecule has 3 nitrogen and oxygen atoms in total. The van der Waals surface area contributed by atoms with Crippen molar-refractivity contribution in [2.45, 2.75) is 109 Å². The second-order valence-corrected chi connectivity index (χ2v) is 10.5. The number of rotatable bonds is 11. The van der Waals surface area contributed by atoms with Crippen LogP contribution in [0.5, 0.6) is 0 Å². The molecular formula is C29H44O3. The van der Waals surface area contributed by atoms with Gasteiger partial charge in [0.15, 0.2) is 6.29 Å². The lowest BCUT2D eigenvalue weighted by Gasteiger charge is -2.54. The molecule has 0 aromatic heterocycles. The zero-order valence-electron chi connectivity index (χ0n) is 20.5. The van der Waals surface area contributed by atoms with Crippen LogP contribution in [0.1, 0.15) is 108 Å². The summed E-state index contributed by atoms with van der Waals surface area (Å²) in [7, 11) is 0. The Morgan fingerprint density at radius 1 is 0.906 bits per heavy atom. The van der Waals surface area contributed by atoms with Crippen molar-refractivity contribution in [1.82, 2.24) is 0 Å². The Balaban J connectivity index is 1.25. The number of unbranched alkanes of at least 4 members (excludes halogenated alkanes) is 2. The van der Waals surface area contributed by atoms with Crippen LogP contribution in [0.2, 0.25) is 0 Å². The van der Waals surface area contributed by atoms with E-state index in [1.54, 1.807) is 5.56 Å². The van der Waals surface area contributed by atoms with Crippen molar-refractivity contribution >= 4 is 0 Å². The van der Waals surface area contributed by atoms with Gasteiger partial charge < -0.3 is 14.2 Å². The molecule has 4 fully saturated rings. The summed E-state index contributed by atoms with van der Waals surface area (Å²) < 4.78 is 17.8. The highest BCUT2D eigenvalue weighted by Gasteiger charge is 2.48. The minimum absolute atomic E-state index is 0.0188. The van der Waals surface area contributed by atoms with Crippen LogP contribution >= 0.6 is 0 Å². The van der Waals surface area contributed by atoms with Crippen LogP contribution in [0.25, 0.3) is 0 Å². The average Bonchev–Trinajstić information content (AvgIpc) is 2.86. The topological polar surface area (TPSA) is 27.7 Å². The first-order valence-electron chi connectivity index (χ1n) is 13.3.